The molecule has 8 aromatic rings. The molecule has 5 N–H and O–H groups in total. The van der Waals surface area contributed by atoms with Gasteiger partial charge in [-0.3, -0.25) is 23.1 Å². The van der Waals surface area contributed by atoms with Crippen molar-refractivity contribution in [2.24, 2.45) is 10.2 Å². The number of rotatable bonds is 16. The van der Waals surface area contributed by atoms with Crippen LogP contribution >= 0.6 is 22.7 Å². The second kappa shape index (κ2) is 20.9. The van der Waals surface area contributed by atoms with E-state index in [1.54, 1.807) is 57.7 Å². The van der Waals surface area contributed by atoms with Crippen molar-refractivity contribution in [3.8, 4) is 11.2 Å². The second-order valence-electron chi connectivity index (χ2n) is 19.1. The third-order valence-electron chi connectivity index (χ3n) is 12.7. The van der Waals surface area contributed by atoms with Gasteiger partial charge >= 0.3 is 0 Å². The van der Waals surface area contributed by atoms with E-state index in [0.29, 0.717) is 50.1 Å². The molecule has 410 valence electrons. The first-order valence-electron chi connectivity index (χ1n) is 23.9. The number of pyridine rings is 1. The summed E-state index contributed by atoms with van der Waals surface area (Å²) in [7, 11) is -19.0. The van der Waals surface area contributed by atoms with Crippen LogP contribution in [0.5, 0.6) is 0 Å². The number of aromatic nitrogens is 5. The Bertz CT molecular complexity index is 4350. The lowest BCUT2D eigenvalue weighted by Crippen LogP contribution is -2.19. The van der Waals surface area contributed by atoms with Crippen LogP contribution in [0.25, 0.3) is 25.6 Å². The fourth-order valence-corrected chi connectivity index (χ4v) is 14.5. The molecule has 0 spiro atoms. The number of nitrogens with one attached hydrogen (secondary N) is 1. The molecule has 0 fully saturated rings. The van der Waals surface area contributed by atoms with E-state index in [4.69, 9.17) is 20.2 Å². The lowest BCUT2D eigenvalue weighted by atomic mass is 9.90. The molecule has 0 aliphatic heterocycles. The summed E-state index contributed by atoms with van der Waals surface area (Å²) in [5.74, 6) is -0.136. The highest BCUT2D eigenvalue weighted by Crippen LogP contribution is 2.48. The number of hydrogen-bond acceptors (Lipinski definition) is 19. The van der Waals surface area contributed by atoms with Gasteiger partial charge in [-0.2, -0.15) is 48.7 Å². The Morgan fingerprint density at radius 2 is 1.21 bits per heavy atom. The lowest BCUT2D eigenvalue weighted by Gasteiger charge is -2.29. The first-order chi connectivity index (χ1) is 36.3. The molecule has 22 nitrogen and oxygen atoms in total. The molecule has 8 rings (SSSR count). The number of hydrogen-bond donors (Lipinski definition) is 5. The van der Waals surface area contributed by atoms with Crippen molar-refractivity contribution >= 4 is 123 Å². The fraction of sp³-hybridized carbons (Fsp3) is 0.300. The smallest absolute Gasteiger partial charge is 0.295 e. The predicted octanol–water partition coefficient (Wildman–Crippen LogP) is 11.4. The van der Waals surface area contributed by atoms with Gasteiger partial charge in [0.2, 0.25) is 5.13 Å². The van der Waals surface area contributed by atoms with Crippen molar-refractivity contribution in [2.45, 2.75) is 120 Å². The first-order valence-corrected chi connectivity index (χ1v) is 31.3. The number of nitriles is 1. The molecule has 0 unspecified atom stereocenters. The minimum Gasteiger partial charge on any atom is -0.338 e. The van der Waals surface area contributed by atoms with Crippen LogP contribution in [-0.4, -0.2) is 76.6 Å². The highest BCUT2D eigenvalue weighted by atomic mass is 32.2. The molecule has 0 atom stereocenters. The van der Waals surface area contributed by atoms with Gasteiger partial charge in [0, 0.05) is 11.1 Å². The summed E-state index contributed by atoms with van der Waals surface area (Å²) >= 11 is 1.98. The average molecular weight is 1180 g/mol. The number of fused-ring (bicyclic) bond motifs is 2. The number of benzene rings is 4. The van der Waals surface area contributed by atoms with Gasteiger partial charge in [0.15, 0.2) is 16.8 Å². The molecule has 78 heavy (non-hydrogen) atoms. The molecule has 28 heteroatoms. The van der Waals surface area contributed by atoms with E-state index >= 15 is 0 Å². The van der Waals surface area contributed by atoms with Crippen molar-refractivity contribution in [1.82, 2.24) is 24.7 Å². The van der Waals surface area contributed by atoms with Crippen LogP contribution in [-0.2, 0) is 71.6 Å². The van der Waals surface area contributed by atoms with Crippen molar-refractivity contribution in [3.05, 3.63) is 105 Å². The number of azo groups is 1. The van der Waals surface area contributed by atoms with Gasteiger partial charge in [0.25, 0.3) is 40.5 Å². The van der Waals surface area contributed by atoms with Gasteiger partial charge in [-0.1, -0.05) is 83.3 Å². The van der Waals surface area contributed by atoms with Crippen molar-refractivity contribution in [3.63, 3.8) is 0 Å². The third kappa shape index (κ3) is 10.9. The van der Waals surface area contributed by atoms with Crippen LogP contribution in [0, 0.1) is 32.1 Å². The Kier molecular flexibility index (Phi) is 15.4. The van der Waals surface area contributed by atoms with Gasteiger partial charge in [-0.15, -0.1) is 10.2 Å². The summed E-state index contributed by atoms with van der Waals surface area (Å²) in [4.78, 5) is 14.8. The second-order valence-corrected chi connectivity index (χ2v) is 26.7. The number of nitrogens with zero attached hydrogens (tertiary/aromatic N) is 9. The monoisotopic (exact) mass is 1180 g/mol. The van der Waals surface area contributed by atoms with Crippen molar-refractivity contribution in [2.75, 3.05) is 10.2 Å². The SMILES string of the molecule is CCc1cc(C)c(S(=O)(=O)O)c(CC)c1Nc1nc(N(c2nc3ccc(S(=O)(=O)O)cc3s2)c2c(CC)cc(C)c(S(=O)(=O)O)c2CC)cc(C)c1N=Nc1c(C#N)c(C(C)(C)C)nn1-c1nc2ccc(S(=O)(=O)O)cc2s1. The summed E-state index contributed by atoms with van der Waals surface area (Å²) in [6, 6.07) is 14.7. The maximum absolute atomic E-state index is 13.3. The van der Waals surface area contributed by atoms with Crippen molar-refractivity contribution < 1.29 is 51.9 Å². The van der Waals surface area contributed by atoms with E-state index in [0.717, 1.165) is 22.7 Å². The van der Waals surface area contributed by atoms with E-state index in [9.17, 15) is 57.1 Å². The topological polar surface area (TPSA) is 338 Å². The molecule has 4 aromatic heterocycles. The van der Waals surface area contributed by atoms with Crippen LogP contribution in [0.3, 0.4) is 0 Å². The Morgan fingerprint density at radius 1 is 0.667 bits per heavy atom. The summed E-state index contributed by atoms with van der Waals surface area (Å²) in [5.41, 5.74) is 3.10. The van der Waals surface area contributed by atoms with Crippen LogP contribution in [0.4, 0.5) is 39.6 Å². The van der Waals surface area contributed by atoms with E-state index in [1.165, 1.54) is 41.1 Å². The quantitative estimate of drug-likeness (QED) is 0.0443. The van der Waals surface area contributed by atoms with E-state index in [-0.39, 0.29) is 106 Å². The number of aryl methyl sites for hydroxylation is 5. The lowest BCUT2D eigenvalue weighted by molar-refractivity contribution is 0.479. The third-order valence-corrected chi connectivity index (χ3v) is 18.6. The molecule has 0 bridgehead atoms. The molecule has 4 aromatic carbocycles. The molecular weight excluding hydrogens is 1130 g/mol. The van der Waals surface area contributed by atoms with Crippen LogP contribution in [0.15, 0.2) is 84.4 Å². The summed E-state index contributed by atoms with van der Waals surface area (Å²) < 4.78 is 145. The highest BCUT2D eigenvalue weighted by molar-refractivity contribution is 7.86. The standard InChI is InChI=1S/C50H52N10O12S6/c1-11-28-19-26(6)43(77(67,68)69)32(13-3)41(28)55-46-40(56-57-47-34(24-51)45(50(8,9)10)58-60(47)49-53-36-18-16-31(76(64,65)66)23-38(36)74-49)25(5)21-39(54-46)59(48-52-35-17-15-30(75(61,62)63)22-37(35)73-48)42-29(12-2)20-27(7)44(33(42)14-4)78(70,71)72/h15-23H,11-14H2,1-10H3,(H,54,55)(H,61,62,63)(H,64,65,66)(H,67,68,69)(H,70,71,72). The molecule has 0 aliphatic rings. The largest absolute Gasteiger partial charge is 0.338 e. The Morgan fingerprint density at radius 3 is 1.72 bits per heavy atom. The maximum Gasteiger partial charge on any atom is 0.295 e. The molecule has 0 saturated carbocycles. The molecule has 0 aliphatic carbocycles. The fourth-order valence-electron chi connectivity index (χ4n) is 9.30. The van der Waals surface area contributed by atoms with Crippen LogP contribution in [0.1, 0.15) is 98.7 Å². The highest BCUT2D eigenvalue weighted by Gasteiger charge is 2.33. The summed E-state index contributed by atoms with van der Waals surface area (Å²) in [6.07, 6.45) is 0.785. The van der Waals surface area contributed by atoms with Crippen LogP contribution < -0.4 is 10.2 Å². The summed E-state index contributed by atoms with van der Waals surface area (Å²) in [5, 5.41) is 28.6. The van der Waals surface area contributed by atoms with Crippen LogP contribution in [0.2, 0.25) is 0 Å². The van der Waals surface area contributed by atoms with E-state index in [2.05, 4.69) is 21.5 Å². The Labute approximate surface area is 458 Å². The zero-order valence-corrected chi connectivity index (χ0v) is 48.5. The first kappa shape index (κ1) is 57.5. The minimum atomic E-state index is -4.89. The normalized spacial score (nSPS) is 12.8. The molecule has 0 radical (unpaired) electrons. The maximum atomic E-state index is 13.3. The van der Waals surface area contributed by atoms with Gasteiger partial charge in [-0.05, 0) is 128 Å². The van der Waals surface area contributed by atoms with Gasteiger partial charge in [0.05, 0.1) is 41.6 Å². The molecular formula is C50H52N10O12S6. The van der Waals surface area contributed by atoms with Crippen molar-refractivity contribution in [1.29, 1.82) is 5.26 Å². The average Bonchev–Trinajstić information content (AvgIpc) is 4.07. The number of anilines is 5. The molecule has 0 saturated heterocycles. The molecule has 0 amide bonds. The zero-order chi connectivity index (χ0) is 57.4. The van der Waals surface area contributed by atoms with Gasteiger partial charge in [0.1, 0.15) is 32.9 Å². The summed E-state index contributed by atoms with van der Waals surface area (Å²) in [6.45, 7) is 17.4. The van der Waals surface area contributed by atoms with E-state index < -0.39 is 50.8 Å². The van der Waals surface area contributed by atoms with E-state index in [1.807, 2.05) is 34.6 Å². The number of thiazole rings is 2. The predicted molar refractivity (Wildman–Crippen MR) is 297 cm³/mol. The van der Waals surface area contributed by atoms with Gasteiger partial charge < -0.3 is 5.32 Å². The Hall–Kier alpha value is -6.65. The Balaban J connectivity index is 1.48. The zero-order valence-electron chi connectivity index (χ0n) is 43.6. The van der Waals surface area contributed by atoms with Gasteiger partial charge in [-0.25, -0.2) is 15.0 Å². The minimum absolute atomic E-state index is 0.00566. The molecule has 4 heterocycles.